The average molecular weight is 466 g/mol. The van der Waals surface area contributed by atoms with E-state index in [1.165, 1.54) is 16.5 Å². The Bertz CT molecular complexity index is 1390. The van der Waals surface area contributed by atoms with E-state index in [1.807, 2.05) is 4.90 Å². The Morgan fingerprint density at radius 3 is 2.54 bits per heavy atom. The van der Waals surface area contributed by atoms with Gasteiger partial charge in [-0.1, -0.05) is 48.5 Å². The number of para-hydroxylation sites is 1. The predicted octanol–water partition coefficient (Wildman–Crippen LogP) is 5.11. The number of aromatic nitrogens is 1. The number of anilines is 1. The lowest BCUT2D eigenvalue weighted by atomic mass is 9.85. The van der Waals surface area contributed by atoms with Gasteiger partial charge in [0.25, 0.3) is 11.8 Å². The molecule has 1 aromatic heterocycles. The number of hydrogen-bond donors (Lipinski definition) is 1. The quantitative estimate of drug-likeness (QED) is 0.455. The number of carbonyl (C=O) groups is 2. The molecule has 4 aromatic rings. The largest absolute Gasteiger partial charge is 0.482 e. The van der Waals surface area contributed by atoms with E-state index in [0.29, 0.717) is 36.0 Å². The third kappa shape index (κ3) is 4.05. The fraction of sp³-hybridized carbons (Fsp3) is 0.241. The van der Waals surface area contributed by atoms with Gasteiger partial charge in [0, 0.05) is 30.4 Å². The normalized spacial score (nSPS) is 16.9. The number of amides is 2. The van der Waals surface area contributed by atoms with Crippen LogP contribution in [0.25, 0.3) is 10.9 Å². The molecule has 0 bridgehead atoms. The van der Waals surface area contributed by atoms with Crippen molar-refractivity contribution < 1.29 is 14.3 Å². The average Bonchev–Trinajstić information content (AvgIpc) is 3.33. The number of nitrogens with zero attached hydrogens (tertiary/aromatic N) is 2. The summed E-state index contributed by atoms with van der Waals surface area (Å²) in [6.45, 7) is 1.41. The summed E-state index contributed by atoms with van der Waals surface area (Å²) in [6, 6.07) is 26.8. The van der Waals surface area contributed by atoms with Crippen LogP contribution in [0.2, 0.25) is 0 Å². The molecular formula is C29H27N3O3. The Morgan fingerprint density at radius 2 is 1.71 bits per heavy atom. The molecule has 0 radical (unpaired) electrons. The highest BCUT2D eigenvalue weighted by molar-refractivity contribution is 5.99. The molecule has 2 amide bonds. The van der Waals surface area contributed by atoms with Crippen LogP contribution in [0.15, 0.2) is 85.1 Å². The number of nitrogens with one attached hydrogen (secondary N) is 1. The van der Waals surface area contributed by atoms with E-state index in [-0.39, 0.29) is 24.5 Å². The second kappa shape index (κ2) is 8.95. The van der Waals surface area contributed by atoms with Crippen LogP contribution < -0.4 is 10.1 Å². The van der Waals surface area contributed by atoms with Crippen LogP contribution in [0.4, 0.5) is 5.69 Å². The van der Waals surface area contributed by atoms with Gasteiger partial charge in [0.1, 0.15) is 5.75 Å². The molecule has 3 heterocycles. The first-order valence-corrected chi connectivity index (χ1v) is 12.1. The Hall–Kier alpha value is -4.06. The van der Waals surface area contributed by atoms with Gasteiger partial charge in [-0.05, 0) is 60.0 Å². The van der Waals surface area contributed by atoms with Crippen molar-refractivity contribution in [1.82, 2.24) is 9.47 Å². The van der Waals surface area contributed by atoms with Crippen LogP contribution in [-0.4, -0.2) is 41.0 Å². The van der Waals surface area contributed by atoms with E-state index in [2.05, 4.69) is 76.7 Å². The van der Waals surface area contributed by atoms with Crippen molar-refractivity contribution in [3.05, 3.63) is 96.2 Å². The Morgan fingerprint density at radius 1 is 0.943 bits per heavy atom. The van der Waals surface area contributed by atoms with Crippen molar-refractivity contribution in [1.29, 1.82) is 0 Å². The molecule has 6 heteroatoms. The second-order valence-corrected chi connectivity index (χ2v) is 9.31. The van der Waals surface area contributed by atoms with Crippen LogP contribution in [-0.2, 0) is 4.79 Å². The third-order valence-corrected chi connectivity index (χ3v) is 7.20. The van der Waals surface area contributed by atoms with Crippen molar-refractivity contribution in [2.24, 2.45) is 5.92 Å². The van der Waals surface area contributed by atoms with E-state index in [0.717, 1.165) is 12.8 Å². The molecule has 3 aromatic carbocycles. The molecule has 1 N–H and O–H groups in total. The number of ether oxygens (including phenoxy) is 1. The lowest BCUT2D eigenvalue weighted by molar-refractivity contribution is -0.118. The van der Waals surface area contributed by atoms with Crippen LogP contribution in [0.3, 0.4) is 0 Å². The van der Waals surface area contributed by atoms with Crippen molar-refractivity contribution in [2.45, 2.75) is 18.9 Å². The molecule has 1 saturated heterocycles. The van der Waals surface area contributed by atoms with E-state index in [9.17, 15) is 9.59 Å². The molecule has 0 saturated carbocycles. The number of rotatable bonds is 4. The van der Waals surface area contributed by atoms with E-state index < -0.39 is 0 Å². The molecule has 176 valence electrons. The zero-order chi connectivity index (χ0) is 23.8. The molecule has 6 rings (SSSR count). The van der Waals surface area contributed by atoms with Crippen molar-refractivity contribution in [3.8, 4) is 5.75 Å². The van der Waals surface area contributed by atoms with Crippen LogP contribution in [0, 0.1) is 5.92 Å². The van der Waals surface area contributed by atoms with Gasteiger partial charge < -0.3 is 19.5 Å². The number of fused-ring (bicyclic) bond motifs is 2. The number of hydrogen-bond acceptors (Lipinski definition) is 3. The first-order valence-electron chi connectivity index (χ1n) is 12.1. The maximum atomic E-state index is 13.3. The van der Waals surface area contributed by atoms with Gasteiger partial charge in [-0.2, -0.15) is 0 Å². The van der Waals surface area contributed by atoms with Crippen molar-refractivity contribution in [2.75, 3.05) is 25.0 Å². The standard InChI is InChI=1S/C29H27N3O3/c33-27-19-35-26-11-10-23(18-24(26)30-27)29(34)31-15-12-22(13-16-31)28(21-7-2-1-3-8-21)32-17-14-20-6-4-5-9-25(20)32/h1-11,14,17-18,22,28H,12-13,15-16,19H2,(H,30,33). The van der Waals surface area contributed by atoms with Crippen LogP contribution >= 0.6 is 0 Å². The molecule has 1 unspecified atom stereocenters. The summed E-state index contributed by atoms with van der Waals surface area (Å²) in [5.74, 6) is 0.805. The van der Waals surface area contributed by atoms with Gasteiger partial charge >= 0.3 is 0 Å². The van der Waals surface area contributed by atoms with E-state index in [1.54, 1.807) is 18.2 Å². The zero-order valence-corrected chi connectivity index (χ0v) is 19.4. The monoisotopic (exact) mass is 465 g/mol. The summed E-state index contributed by atoms with van der Waals surface area (Å²) in [5.41, 5.74) is 3.66. The smallest absolute Gasteiger partial charge is 0.262 e. The van der Waals surface area contributed by atoms with Gasteiger partial charge in [-0.3, -0.25) is 9.59 Å². The van der Waals surface area contributed by atoms with E-state index >= 15 is 0 Å². The lowest BCUT2D eigenvalue weighted by Crippen LogP contribution is -2.40. The van der Waals surface area contributed by atoms with Gasteiger partial charge in [-0.25, -0.2) is 0 Å². The minimum Gasteiger partial charge on any atom is -0.482 e. The fourth-order valence-electron chi connectivity index (χ4n) is 5.47. The molecule has 35 heavy (non-hydrogen) atoms. The van der Waals surface area contributed by atoms with Crippen LogP contribution in [0.1, 0.15) is 34.8 Å². The highest BCUT2D eigenvalue weighted by atomic mass is 16.5. The predicted molar refractivity (Wildman–Crippen MR) is 136 cm³/mol. The minimum absolute atomic E-state index is 0.00579. The topological polar surface area (TPSA) is 63.6 Å². The number of benzene rings is 3. The molecule has 0 aliphatic carbocycles. The highest BCUT2D eigenvalue weighted by Crippen LogP contribution is 2.37. The molecule has 1 fully saturated rings. The Balaban J connectivity index is 1.23. The summed E-state index contributed by atoms with van der Waals surface area (Å²) >= 11 is 0. The van der Waals surface area contributed by atoms with E-state index in [4.69, 9.17) is 4.74 Å². The number of carbonyl (C=O) groups excluding carboxylic acids is 2. The highest BCUT2D eigenvalue weighted by Gasteiger charge is 2.31. The van der Waals surface area contributed by atoms with Gasteiger partial charge in [-0.15, -0.1) is 0 Å². The Labute approximate surface area is 204 Å². The molecule has 2 aliphatic heterocycles. The second-order valence-electron chi connectivity index (χ2n) is 9.31. The summed E-state index contributed by atoms with van der Waals surface area (Å²) in [5, 5.41) is 4.03. The van der Waals surface area contributed by atoms with Crippen molar-refractivity contribution in [3.63, 3.8) is 0 Å². The summed E-state index contributed by atoms with van der Waals surface area (Å²) < 4.78 is 7.83. The maximum absolute atomic E-state index is 13.3. The SMILES string of the molecule is O=C1COc2ccc(C(=O)N3CCC(C(c4ccccc4)n4ccc5ccccc54)CC3)cc2N1. The van der Waals surface area contributed by atoms with Gasteiger partial charge in [0.05, 0.1) is 11.7 Å². The first-order chi connectivity index (χ1) is 17.2. The van der Waals surface area contributed by atoms with Gasteiger partial charge in [0.2, 0.25) is 0 Å². The van der Waals surface area contributed by atoms with Gasteiger partial charge in [0.15, 0.2) is 6.61 Å². The molecule has 1 atom stereocenters. The number of piperidine rings is 1. The zero-order valence-electron chi connectivity index (χ0n) is 19.4. The minimum atomic E-state index is -0.201. The lowest BCUT2D eigenvalue weighted by Gasteiger charge is -2.37. The Kier molecular flexibility index (Phi) is 5.49. The summed E-state index contributed by atoms with van der Waals surface area (Å²) in [6.07, 6.45) is 4.04. The van der Waals surface area contributed by atoms with Crippen LogP contribution in [0.5, 0.6) is 5.75 Å². The molecule has 6 nitrogen and oxygen atoms in total. The summed E-state index contributed by atoms with van der Waals surface area (Å²) in [4.78, 5) is 26.9. The fourth-order valence-corrected chi connectivity index (χ4v) is 5.47. The third-order valence-electron chi connectivity index (χ3n) is 7.20. The molecular weight excluding hydrogens is 438 g/mol. The first kappa shape index (κ1) is 21.5. The van der Waals surface area contributed by atoms with Crippen molar-refractivity contribution >= 4 is 28.4 Å². The molecule has 0 spiro atoms. The number of likely N-dealkylation sites (tertiary alicyclic amines) is 1. The summed E-state index contributed by atoms with van der Waals surface area (Å²) in [7, 11) is 0. The molecule has 2 aliphatic rings. The maximum Gasteiger partial charge on any atom is 0.262 e.